The van der Waals surface area contributed by atoms with Crippen LogP contribution in [0.4, 0.5) is 4.79 Å². The number of nitrogens with zero attached hydrogens (tertiary/aromatic N) is 1. The molecule has 0 radical (unpaired) electrons. The molecule has 1 aliphatic heterocycles. The normalized spacial score (nSPS) is 27.9. The highest BCUT2D eigenvalue weighted by Gasteiger charge is 2.50. The first-order valence-corrected chi connectivity index (χ1v) is 9.29. The maximum absolute atomic E-state index is 12.7. The second-order valence-corrected chi connectivity index (χ2v) is 7.60. The zero-order chi connectivity index (χ0) is 17.3. The van der Waals surface area contributed by atoms with Crippen LogP contribution >= 0.6 is 23.8 Å². The summed E-state index contributed by atoms with van der Waals surface area (Å²) in [5.41, 5.74) is 0.278. The van der Waals surface area contributed by atoms with Gasteiger partial charge in [-0.15, -0.1) is 0 Å². The lowest BCUT2D eigenvalue weighted by atomic mass is 9.89. The smallest absolute Gasteiger partial charge is 0.325 e. The van der Waals surface area contributed by atoms with Crippen LogP contribution in [0.15, 0.2) is 24.3 Å². The van der Waals surface area contributed by atoms with Crippen LogP contribution in [0.2, 0.25) is 5.02 Å². The maximum Gasteiger partial charge on any atom is 0.325 e. The van der Waals surface area contributed by atoms with Crippen molar-refractivity contribution in [1.82, 2.24) is 10.2 Å². The Morgan fingerprint density at radius 3 is 2.54 bits per heavy atom. The molecule has 3 rings (SSSR count). The minimum absolute atomic E-state index is 0.155. The first kappa shape index (κ1) is 17.5. The zero-order valence-electron chi connectivity index (χ0n) is 14.0. The summed E-state index contributed by atoms with van der Waals surface area (Å²) in [6, 6.07) is 7.38. The van der Waals surface area contributed by atoms with E-state index in [1.165, 1.54) is 19.3 Å². The largest absolute Gasteiger partial charge is 0.457 e. The lowest BCUT2D eigenvalue weighted by molar-refractivity contribution is 0.0802. The van der Waals surface area contributed by atoms with Crippen LogP contribution in [0.25, 0.3) is 0 Å². The van der Waals surface area contributed by atoms with Gasteiger partial charge in [0.25, 0.3) is 5.17 Å². The Hall–Kier alpha value is -1.33. The average Bonchev–Trinajstić information content (AvgIpc) is 2.79. The molecule has 1 aliphatic carbocycles. The molecule has 0 unspecified atom stereocenters. The maximum atomic E-state index is 12.7. The molecule has 0 spiro atoms. The van der Waals surface area contributed by atoms with Crippen LogP contribution in [-0.4, -0.2) is 28.2 Å². The summed E-state index contributed by atoms with van der Waals surface area (Å²) in [5, 5.41) is 4.02. The van der Waals surface area contributed by atoms with Gasteiger partial charge < -0.3 is 10.1 Å². The van der Waals surface area contributed by atoms with Crippen LogP contribution < -0.4 is 5.32 Å². The molecule has 6 heteroatoms. The molecule has 1 aromatic rings. The minimum Gasteiger partial charge on any atom is -0.457 e. The van der Waals surface area contributed by atoms with E-state index in [4.69, 9.17) is 28.6 Å². The van der Waals surface area contributed by atoms with E-state index in [-0.39, 0.29) is 23.3 Å². The summed E-state index contributed by atoms with van der Waals surface area (Å²) < 4.78 is 5.96. The van der Waals surface area contributed by atoms with Gasteiger partial charge >= 0.3 is 6.03 Å². The molecule has 2 fully saturated rings. The number of halogens is 1. The van der Waals surface area contributed by atoms with Crippen LogP contribution in [-0.2, 0) is 10.3 Å². The Morgan fingerprint density at radius 1 is 1.29 bits per heavy atom. The number of carbonyl (C=O) groups excluding carboxylic acids is 1. The second-order valence-electron chi connectivity index (χ2n) is 6.81. The monoisotopic (exact) mass is 366 g/mol. The van der Waals surface area contributed by atoms with Crippen molar-refractivity contribution in [3.05, 3.63) is 34.9 Å². The van der Waals surface area contributed by atoms with Crippen molar-refractivity contribution in [2.75, 3.05) is 0 Å². The van der Waals surface area contributed by atoms with E-state index in [2.05, 4.69) is 5.32 Å². The Labute approximate surface area is 153 Å². The molecule has 0 bridgehead atoms. The van der Waals surface area contributed by atoms with Gasteiger partial charge in [-0.25, -0.2) is 9.69 Å². The number of urea groups is 1. The molecular formula is C18H23ClN2O2S. The summed E-state index contributed by atoms with van der Waals surface area (Å²) in [6.07, 6.45) is 5.67. The first-order chi connectivity index (χ1) is 11.4. The molecule has 24 heavy (non-hydrogen) atoms. The van der Waals surface area contributed by atoms with Crippen molar-refractivity contribution < 1.29 is 9.53 Å². The molecule has 1 saturated heterocycles. The molecule has 1 aromatic carbocycles. The lowest BCUT2D eigenvalue weighted by Crippen LogP contribution is -2.50. The number of thiocarbonyl (C=S) groups is 1. The number of hydrogen-bond donors (Lipinski definition) is 1. The number of carbonyl (C=O) groups is 1. The molecule has 2 amide bonds. The fraction of sp³-hybridized carbons (Fsp3) is 0.556. The molecule has 0 aromatic heterocycles. The number of rotatable bonds is 2. The zero-order valence-corrected chi connectivity index (χ0v) is 15.6. The van der Waals surface area contributed by atoms with E-state index in [9.17, 15) is 4.79 Å². The van der Waals surface area contributed by atoms with E-state index < -0.39 is 5.60 Å². The quantitative estimate of drug-likeness (QED) is 0.777. The average molecular weight is 367 g/mol. The van der Waals surface area contributed by atoms with E-state index in [1.807, 2.05) is 38.1 Å². The highest BCUT2D eigenvalue weighted by atomic mass is 35.5. The van der Waals surface area contributed by atoms with Gasteiger partial charge in [-0.1, -0.05) is 43.0 Å². The van der Waals surface area contributed by atoms with Crippen LogP contribution in [0.5, 0.6) is 0 Å². The summed E-state index contributed by atoms with van der Waals surface area (Å²) in [4.78, 5) is 14.3. The van der Waals surface area contributed by atoms with Crippen molar-refractivity contribution in [2.45, 2.75) is 63.6 Å². The van der Waals surface area contributed by atoms with E-state index in [0.29, 0.717) is 5.02 Å². The van der Waals surface area contributed by atoms with Gasteiger partial charge in [-0.05, 0) is 56.6 Å². The van der Waals surface area contributed by atoms with Crippen LogP contribution in [0.1, 0.15) is 51.5 Å². The lowest BCUT2D eigenvalue weighted by Gasteiger charge is -2.30. The van der Waals surface area contributed by atoms with Crippen molar-refractivity contribution in [3.63, 3.8) is 0 Å². The highest BCUT2D eigenvalue weighted by Crippen LogP contribution is 2.39. The number of benzene rings is 1. The molecular weight excluding hydrogens is 344 g/mol. The summed E-state index contributed by atoms with van der Waals surface area (Å²) >= 11 is 11.3. The minimum atomic E-state index is -0.675. The SMILES string of the molecule is C[C@H]1N(C(=O)NC2CCCCC2)C(=S)O[C@]1(C)c1ccc(Cl)cc1. The summed E-state index contributed by atoms with van der Waals surface area (Å²) in [5.74, 6) is 0. The Kier molecular flexibility index (Phi) is 5.02. The number of nitrogens with one attached hydrogen (secondary N) is 1. The van der Waals surface area contributed by atoms with Gasteiger partial charge in [0.2, 0.25) is 0 Å². The number of amides is 2. The Balaban J connectivity index is 1.76. The molecule has 1 saturated carbocycles. The third kappa shape index (κ3) is 3.24. The molecule has 130 valence electrons. The van der Waals surface area contributed by atoms with Gasteiger partial charge in [-0.3, -0.25) is 0 Å². The van der Waals surface area contributed by atoms with Crippen molar-refractivity contribution in [1.29, 1.82) is 0 Å². The van der Waals surface area contributed by atoms with Gasteiger partial charge in [0.15, 0.2) is 5.60 Å². The van der Waals surface area contributed by atoms with Crippen LogP contribution in [0, 0.1) is 0 Å². The van der Waals surface area contributed by atoms with Crippen molar-refractivity contribution >= 4 is 35.0 Å². The third-order valence-electron chi connectivity index (χ3n) is 5.25. The predicted molar refractivity (Wildman–Crippen MR) is 99.2 cm³/mol. The van der Waals surface area contributed by atoms with Gasteiger partial charge in [-0.2, -0.15) is 0 Å². The van der Waals surface area contributed by atoms with Gasteiger partial charge in [0.1, 0.15) is 0 Å². The van der Waals surface area contributed by atoms with Gasteiger partial charge in [0, 0.05) is 11.1 Å². The predicted octanol–water partition coefficient (Wildman–Crippen LogP) is 4.60. The Bertz CT molecular complexity index is 630. The van der Waals surface area contributed by atoms with Crippen LogP contribution in [0.3, 0.4) is 0 Å². The fourth-order valence-corrected chi connectivity index (χ4v) is 4.09. The molecule has 2 aliphatic rings. The molecule has 1 heterocycles. The van der Waals surface area contributed by atoms with Crippen molar-refractivity contribution in [2.24, 2.45) is 0 Å². The number of ether oxygens (including phenoxy) is 1. The number of hydrogen-bond acceptors (Lipinski definition) is 3. The van der Waals surface area contributed by atoms with E-state index in [1.54, 1.807) is 4.90 Å². The van der Waals surface area contributed by atoms with Crippen molar-refractivity contribution in [3.8, 4) is 0 Å². The fourth-order valence-electron chi connectivity index (χ4n) is 3.55. The van der Waals surface area contributed by atoms with E-state index >= 15 is 0 Å². The summed E-state index contributed by atoms with van der Waals surface area (Å²) in [7, 11) is 0. The highest BCUT2D eigenvalue weighted by molar-refractivity contribution is 7.80. The van der Waals surface area contributed by atoms with E-state index in [0.717, 1.165) is 18.4 Å². The van der Waals surface area contributed by atoms with Gasteiger partial charge in [0.05, 0.1) is 6.04 Å². The summed E-state index contributed by atoms with van der Waals surface area (Å²) in [6.45, 7) is 3.93. The molecule has 4 nitrogen and oxygen atoms in total. The Morgan fingerprint density at radius 2 is 1.92 bits per heavy atom. The molecule has 1 N–H and O–H groups in total. The molecule has 2 atom stereocenters. The third-order valence-corrected chi connectivity index (χ3v) is 5.78. The first-order valence-electron chi connectivity index (χ1n) is 8.50. The second kappa shape index (κ2) is 6.89. The topological polar surface area (TPSA) is 41.6 Å². The standard InChI is InChI=1S/C18H23ClN2O2S/c1-12-18(2,13-8-10-14(19)11-9-13)23-17(24)21(12)16(22)20-15-6-4-3-5-7-15/h8-12,15H,3-7H2,1-2H3,(H,20,22)/t12-,18+/m1/s1.